The number of hydrogen-bond acceptors (Lipinski definition) is 0. The van der Waals surface area contributed by atoms with Crippen molar-refractivity contribution in [2.75, 3.05) is 0 Å². The fourth-order valence-electron chi connectivity index (χ4n) is 2.06. The van der Waals surface area contributed by atoms with Gasteiger partial charge in [0.05, 0.1) is 0 Å². The summed E-state index contributed by atoms with van der Waals surface area (Å²) in [6, 6.07) is 0. The van der Waals surface area contributed by atoms with E-state index in [1.165, 1.54) is 38.5 Å². The summed E-state index contributed by atoms with van der Waals surface area (Å²) in [5, 5.41) is 0. The van der Waals surface area contributed by atoms with Crippen LogP contribution in [0.1, 0.15) is 73.1 Å². The third-order valence-electron chi connectivity index (χ3n) is 3.49. The molecular weight excluding hydrogens is 168 g/mol. The molecular formula is C14H30. The number of rotatable bonds is 8. The van der Waals surface area contributed by atoms with Gasteiger partial charge in [0.15, 0.2) is 0 Å². The molecule has 2 unspecified atom stereocenters. The molecule has 0 aliphatic carbocycles. The lowest BCUT2D eigenvalue weighted by molar-refractivity contribution is 0.281. The van der Waals surface area contributed by atoms with E-state index in [2.05, 4.69) is 34.6 Å². The normalized spacial score (nSPS) is 15.9. The Bertz CT molecular complexity index is 115. The molecule has 0 aromatic carbocycles. The van der Waals surface area contributed by atoms with Gasteiger partial charge in [0.1, 0.15) is 0 Å². The average molecular weight is 198 g/mol. The molecule has 0 fully saturated rings. The Balaban J connectivity index is 3.84. The Morgan fingerprint density at radius 3 is 1.93 bits per heavy atom. The van der Waals surface area contributed by atoms with Crippen molar-refractivity contribution in [3.05, 3.63) is 0 Å². The number of unbranched alkanes of at least 4 members (excludes halogenated alkanes) is 1. The molecule has 0 bridgehead atoms. The van der Waals surface area contributed by atoms with Gasteiger partial charge in [0, 0.05) is 0 Å². The molecule has 0 radical (unpaired) electrons. The van der Waals surface area contributed by atoms with Crippen molar-refractivity contribution in [1.82, 2.24) is 0 Å². The van der Waals surface area contributed by atoms with E-state index < -0.39 is 0 Å². The SMILES string of the molecule is CCCCC(CCC(C)C)C(C)CC. The van der Waals surface area contributed by atoms with Crippen LogP contribution in [0, 0.1) is 17.8 Å². The van der Waals surface area contributed by atoms with Crippen LogP contribution >= 0.6 is 0 Å². The van der Waals surface area contributed by atoms with Crippen LogP contribution in [0.25, 0.3) is 0 Å². The van der Waals surface area contributed by atoms with Crippen LogP contribution in [0.15, 0.2) is 0 Å². The monoisotopic (exact) mass is 198 g/mol. The highest BCUT2D eigenvalue weighted by Gasteiger charge is 2.15. The molecule has 14 heavy (non-hydrogen) atoms. The zero-order valence-electron chi connectivity index (χ0n) is 11.0. The van der Waals surface area contributed by atoms with E-state index in [4.69, 9.17) is 0 Å². The van der Waals surface area contributed by atoms with Gasteiger partial charge in [-0.1, -0.05) is 66.7 Å². The smallest absolute Gasteiger partial charge is 0.0388 e. The van der Waals surface area contributed by atoms with Crippen molar-refractivity contribution in [3.8, 4) is 0 Å². The largest absolute Gasteiger partial charge is 0.0654 e. The van der Waals surface area contributed by atoms with E-state index in [9.17, 15) is 0 Å². The minimum absolute atomic E-state index is 0.878. The van der Waals surface area contributed by atoms with Crippen molar-refractivity contribution in [3.63, 3.8) is 0 Å². The van der Waals surface area contributed by atoms with Crippen LogP contribution in [0.5, 0.6) is 0 Å². The van der Waals surface area contributed by atoms with Gasteiger partial charge in [-0.25, -0.2) is 0 Å². The molecule has 2 atom stereocenters. The topological polar surface area (TPSA) is 0 Å². The molecule has 0 nitrogen and oxygen atoms in total. The predicted octanol–water partition coefficient (Wildman–Crippen LogP) is 5.28. The first-order chi connectivity index (χ1) is 6.61. The highest BCUT2D eigenvalue weighted by molar-refractivity contribution is 4.66. The maximum Gasteiger partial charge on any atom is -0.0388 e. The van der Waals surface area contributed by atoms with Gasteiger partial charge in [0.2, 0.25) is 0 Å². The van der Waals surface area contributed by atoms with E-state index in [-0.39, 0.29) is 0 Å². The molecule has 0 aromatic rings. The molecule has 0 saturated heterocycles. The van der Waals surface area contributed by atoms with Gasteiger partial charge in [-0.15, -0.1) is 0 Å². The highest BCUT2D eigenvalue weighted by atomic mass is 14.2. The van der Waals surface area contributed by atoms with Crippen molar-refractivity contribution in [2.45, 2.75) is 73.1 Å². The lowest BCUT2D eigenvalue weighted by atomic mass is 9.83. The molecule has 0 amide bonds. The molecule has 86 valence electrons. The molecule has 0 spiro atoms. The van der Waals surface area contributed by atoms with Crippen LogP contribution in [0.2, 0.25) is 0 Å². The Morgan fingerprint density at radius 1 is 0.857 bits per heavy atom. The summed E-state index contributed by atoms with van der Waals surface area (Å²) in [5.74, 6) is 2.80. The van der Waals surface area contributed by atoms with Crippen LogP contribution in [0.4, 0.5) is 0 Å². The average Bonchev–Trinajstić information content (AvgIpc) is 2.16. The van der Waals surface area contributed by atoms with Crippen LogP contribution in [0.3, 0.4) is 0 Å². The first kappa shape index (κ1) is 14.0. The fourth-order valence-corrected chi connectivity index (χ4v) is 2.06. The van der Waals surface area contributed by atoms with Crippen molar-refractivity contribution in [1.29, 1.82) is 0 Å². The van der Waals surface area contributed by atoms with E-state index in [1.54, 1.807) is 0 Å². The van der Waals surface area contributed by atoms with E-state index in [0.29, 0.717) is 0 Å². The molecule has 0 saturated carbocycles. The van der Waals surface area contributed by atoms with E-state index >= 15 is 0 Å². The van der Waals surface area contributed by atoms with Crippen molar-refractivity contribution < 1.29 is 0 Å². The molecule has 0 N–H and O–H groups in total. The van der Waals surface area contributed by atoms with Crippen molar-refractivity contribution in [2.24, 2.45) is 17.8 Å². The van der Waals surface area contributed by atoms with E-state index in [1.807, 2.05) is 0 Å². The van der Waals surface area contributed by atoms with Crippen LogP contribution in [-0.4, -0.2) is 0 Å². The predicted molar refractivity (Wildman–Crippen MR) is 66.5 cm³/mol. The lowest BCUT2D eigenvalue weighted by Gasteiger charge is -2.23. The first-order valence-electron chi connectivity index (χ1n) is 6.61. The van der Waals surface area contributed by atoms with Crippen LogP contribution < -0.4 is 0 Å². The Hall–Kier alpha value is 0. The summed E-state index contributed by atoms with van der Waals surface area (Å²) in [4.78, 5) is 0. The molecule has 0 heteroatoms. The third-order valence-corrected chi connectivity index (χ3v) is 3.49. The zero-order chi connectivity index (χ0) is 11.0. The van der Waals surface area contributed by atoms with Gasteiger partial charge in [-0.2, -0.15) is 0 Å². The van der Waals surface area contributed by atoms with Gasteiger partial charge in [-0.3, -0.25) is 0 Å². The van der Waals surface area contributed by atoms with Crippen LogP contribution in [-0.2, 0) is 0 Å². The minimum atomic E-state index is 0.878. The van der Waals surface area contributed by atoms with Crippen molar-refractivity contribution >= 4 is 0 Å². The second-order valence-corrected chi connectivity index (χ2v) is 5.26. The standard InChI is InChI=1S/C14H30/c1-6-8-9-14(13(5)7-2)11-10-12(3)4/h12-14H,6-11H2,1-5H3. The highest BCUT2D eigenvalue weighted by Crippen LogP contribution is 2.27. The Kier molecular flexibility index (Phi) is 8.32. The second kappa shape index (κ2) is 8.32. The molecule has 0 aromatic heterocycles. The summed E-state index contributed by atoms with van der Waals surface area (Å²) in [5.41, 5.74) is 0. The molecule has 0 heterocycles. The first-order valence-corrected chi connectivity index (χ1v) is 6.61. The molecule has 0 aliphatic rings. The zero-order valence-corrected chi connectivity index (χ0v) is 11.0. The lowest BCUT2D eigenvalue weighted by Crippen LogP contribution is -2.12. The minimum Gasteiger partial charge on any atom is -0.0654 e. The number of hydrogen-bond donors (Lipinski definition) is 0. The van der Waals surface area contributed by atoms with Gasteiger partial charge >= 0.3 is 0 Å². The summed E-state index contributed by atoms with van der Waals surface area (Å²) in [7, 11) is 0. The maximum absolute atomic E-state index is 2.43. The summed E-state index contributed by atoms with van der Waals surface area (Å²) >= 11 is 0. The Morgan fingerprint density at radius 2 is 1.50 bits per heavy atom. The fraction of sp³-hybridized carbons (Fsp3) is 1.00. The van der Waals surface area contributed by atoms with Gasteiger partial charge < -0.3 is 0 Å². The van der Waals surface area contributed by atoms with Gasteiger partial charge in [-0.05, 0) is 24.2 Å². The third kappa shape index (κ3) is 6.45. The summed E-state index contributed by atoms with van der Waals surface area (Å²) in [6.07, 6.45) is 8.46. The maximum atomic E-state index is 2.43. The molecule has 0 aliphatic heterocycles. The summed E-state index contributed by atoms with van der Waals surface area (Å²) in [6.45, 7) is 11.7. The van der Waals surface area contributed by atoms with E-state index in [0.717, 1.165) is 17.8 Å². The summed E-state index contributed by atoms with van der Waals surface area (Å²) < 4.78 is 0. The van der Waals surface area contributed by atoms with Gasteiger partial charge in [0.25, 0.3) is 0 Å². The quantitative estimate of drug-likeness (QED) is 0.498. The second-order valence-electron chi connectivity index (χ2n) is 5.26. The molecule has 0 rings (SSSR count). The Labute approximate surface area is 91.5 Å².